The number of rotatable bonds is 30. The Hall–Kier alpha value is -3.12. The number of benzene rings is 4. The lowest BCUT2D eigenvalue weighted by atomic mass is 10.1. The molecule has 0 saturated carbocycles. The predicted molar refractivity (Wildman–Crippen MR) is 320 cm³/mol. The summed E-state index contributed by atoms with van der Waals surface area (Å²) in [5, 5.41) is 5.65. The molecule has 10 heteroatoms. The lowest BCUT2D eigenvalue weighted by Crippen LogP contribution is -2.38. The maximum absolute atomic E-state index is 6.22. The minimum atomic E-state index is 0.0824. The number of aryl methyl sites for hydroxylation is 8. The highest BCUT2D eigenvalue weighted by atomic mass is 79.9. The summed E-state index contributed by atoms with van der Waals surface area (Å²) in [7, 11) is 0. The fourth-order valence-electron chi connectivity index (χ4n) is 8.46. The SMILES string of the molecule is BrCCCCCCBr.CCN(CCCCCCN(CC)[C@H](C)COc1c(C)cccc1C)[C@H](C)COc1c(C)cccc1C.CCN[C@H](C)COc1c(C)cccc1C.Cc1cccc(C)c1OC[C@@H](C)N. The van der Waals surface area contributed by atoms with Crippen LogP contribution in [-0.4, -0.2) is 104 Å². The molecule has 4 aromatic carbocycles. The van der Waals surface area contributed by atoms with Crippen LogP contribution in [0.2, 0.25) is 0 Å². The maximum atomic E-state index is 6.22. The van der Waals surface area contributed by atoms with Crippen molar-refractivity contribution in [3.05, 3.63) is 117 Å². The molecule has 0 aliphatic carbocycles. The Balaban J connectivity index is 0.000000583. The molecule has 4 atom stereocenters. The zero-order chi connectivity index (χ0) is 53.8. The van der Waals surface area contributed by atoms with E-state index < -0.39 is 0 Å². The lowest BCUT2D eigenvalue weighted by Gasteiger charge is -2.29. The van der Waals surface area contributed by atoms with Crippen LogP contribution < -0.4 is 30.0 Å². The molecule has 4 aromatic rings. The molecule has 0 aliphatic heterocycles. The number of likely N-dealkylation sites (N-methyl/N-ethyl adjacent to an activating group) is 3. The van der Waals surface area contributed by atoms with Crippen molar-refractivity contribution in [3.63, 3.8) is 0 Å². The van der Waals surface area contributed by atoms with Crippen LogP contribution in [0.3, 0.4) is 0 Å². The Kier molecular flexibility index (Phi) is 37.4. The fourth-order valence-corrected chi connectivity index (χ4v) is 9.26. The first-order valence-corrected chi connectivity index (χ1v) is 29.5. The second-order valence-corrected chi connectivity index (χ2v) is 21.3. The molecule has 0 aromatic heterocycles. The number of nitrogens with zero attached hydrogens (tertiary/aromatic N) is 2. The van der Waals surface area contributed by atoms with Gasteiger partial charge in [-0.25, -0.2) is 0 Å². The third-order valence-corrected chi connectivity index (χ3v) is 13.9. The van der Waals surface area contributed by atoms with Gasteiger partial charge in [0.15, 0.2) is 0 Å². The number of nitrogens with two attached hydrogens (primary N) is 1. The number of para-hydroxylation sites is 4. The molecule has 408 valence electrons. The van der Waals surface area contributed by atoms with Crippen molar-refractivity contribution in [2.45, 2.75) is 179 Å². The second kappa shape index (κ2) is 40.2. The molecular formula is C62H102Br2N4O4. The van der Waals surface area contributed by atoms with E-state index in [2.05, 4.69) is 185 Å². The Morgan fingerprint density at radius 2 is 0.708 bits per heavy atom. The van der Waals surface area contributed by atoms with Gasteiger partial charge in [0.05, 0.1) is 0 Å². The largest absolute Gasteiger partial charge is 0.491 e. The van der Waals surface area contributed by atoms with Gasteiger partial charge >= 0.3 is 0 Å². The minimum Gasteiger partial charge on any atom is -0.491 e. The highest BCUT2D eigenvalue weighted by Crippen LogP contribution is 2.26. The van der Waals surface area contributed by atoms with Crippen molar-refractivity contribution in [2.75, 3.05) is 69.8 Å². The smallest absolute Gasteiger partial charge is 0.125 e. The van der Waals surface area contributed by atoms with Crippen LogP contribution in [-0.2, 0) is 0 Å². The van der Waals surface area contributed by atoms with Crippen LogP contribution in [0, 0.1) is 55.4 Å². The molecule has 0 amide bonds. The number of nitrogens with one attached hydrogen (secondary N) is 1. The second-order valence-electron chi connectivity index (χ2n) is 19.7. The summed E-state index contributed by atoms with van der Waals surface area (Å²) >= 11 is 6.78. The van der Waals surface area contributed by atoms with Crippen LogP contribution in [0.1, 0.15) is 144 Å². The van der Waals surface area contributed by atoms with Crippen molar-refractivity contribution in [1.29, 1.82) is 0 Å². The van der Waals surface area contributed by atoms with Crippen LogP contribution in [0.15, 0.2) is 72.8 Å². The summed E-state index contributed by atoms with van der Waals surface area (Å²) in [5.74, 6) is 4.10. The monoisotopic (exact) mass is 1120 g/mol. The van der Waals surface area contributed by atoms with Gasteiger partial charge < -0.3 is 30.0 Å². The number of halogens is 2. The quantitative estimate of drug-likeness (QED) is 0.0395. The van der Waals surface area contributed by atoms with Gasteiger partial charge in [0, 0.05) is 34.8 Å². The maximum Gasteiger partial charge on any atom is 0.125 e. The van der Waals surface area contributed by atoms with E-state index in [-0.39, 0.29) is 6.04 Å². The number of hydrogen-bond acceptors (Lipinski definition) is 8. The molecule has 3 N–H and O–H groups in total. The summed E-state index contributed by atoms with van der Waals surface area (Å²) < 4.78 is 23.9. The molecule has 0 aliphatic rings. The molecule has 8 nitrogen and oxygen atoms in total. The molecule has 0 unspecified atom stereocenters. The van der Waals surface area contributed by atoms with Crippen LogP contribution >= 0.6 is 31.9 Å². The Bertz CT molecular complexity index is 1840. The average molecular weight is 1130 g/mol. The van der Waals surface area contributed by atoms with Gasteiger partial charge in [0.25, 0.3) is 0 Å². The molecule has 72 heavy (non-hydrogen) atoms. The topological polar surface area (TPSA) is 81.5 Å². The Morgan fingerprint density at radius 1 is 0.431 bits per heavy atom. The van der Waals surface area contributed by atoms with Crippen molar-refractivity contribution < 1.29 is 18.9 Å². The average Bonchev–Trinajstić information content (AvgIpc) is 3.34. The van der Waals surface area contributed by atoms with Crippen molar-refractivity contribution in [1.82, 2.24) is 15.1 Å². The molecule has 0 spiro atoms. The summed E-state index contributed by atoms with van der Waals surface area (Å²) in [6.07, 6.45) is 10.5. The number of hydrogen-bond donors (Lipinski definition) is 2. The van der Waals surface area contributed by atoms with Crippen molar-refractivity contribution in [2.24, 2.45) is 5.73 Å². The molecule has 0 radical (unpaired) electrons. The first-order valence-electron chi connectivity index (χ1n) is 27.3. The summed E-state index contributed by atoms with van der Waals surface area (Å²) in [4.78, 5) is 5.11. The number of unbranched alkanes of at least 4 members (excludes halogenated alkanes) is 6. The summed E-state index contributed by atoms with van der Waals surface area (Å²) in [6.45, 7) is 40.2. The van der Waals surface area contributed by atoms with E-state index in [0.717, 1.165) is 86.2 Å². The van der Waals surface area contributed by atoms with E-state index in [0.29, 0.717) is 24.7 Å². The van der Waals surface area contributed by atoms with E-state index in [9.17, 15) is 0 Å². The van der Waals surface area contributed by atoms with Crippen LogP contribution in [0.4, 0.5) is 0 Å². The van der Waals surface area contributed by atoms with E-state index in [1.807, 2.05) is 39.0 Å². The molecule has 0 bridgehead atoms. The first kappa shape index (κ1) is 66.9. The zero-order valence-corrected chi connectivity index (χ0v) is 51.2. The predicted octanol–water partition coefficient (Wildman–Crippen LogP) is 15.4. The standard InChI is InChI=1S/C32H52N2O2.C13H21NO.C11H17NO.C6H12Br2/c1-9-33(29(7)23-35-31-25(3)17-15-18-26(31)4)21-13-11-12-14-22-34(10-2)30(8)24-36-32-27(5)19-16-20-28(32)6;1-5-14-12(4)9-15-13-10(2)7-6-8-11(13)3;1-8-5-4-6-9(2)11(8)13-7-10(3)12;7-5-3-1-2-4-6-8/h15-20,29-30H,9-14,21-24H2,1-8H3;6-8,12,14H,5,9H2,1-4H3;4-6,10H,7,12H2,1-3H3;1-6H2/t29-,30-;12-;10-;/m111./s1. The van der Waals surface area contributed by atoms with Gasteiger partial charge in [-0.05, 0) is 186 Å². The molecule has 0 fully saturated rings. The summed E-state index contributed by atoms with van der Waals surface area (Å²) in [5.41, 5.74) is 15.2. The van der Waals surface area contributed by atoms with E-state index in [4.69, 9.17) is 24.7 Å². The van der Waals surface area contributed by atoms with Gasteiger partial charge in [-0.3, -0.25) is 9.80 Å². The van der Waals surface area contributed by atoms with E-state index in [1.165, 1.54) is 95.9 Å². The molecule has 0 heterocycles. The third-order valence-electron chi connectivity index (χ3n) is 12.8. The Labute approximate surface area is 458 Å². The van der Waals surface area contributed by atoms with Crippen LogP contribution in [0.25, 0.3) is 0 Å². The molecular weight excluding hydrogens is 1020 g/mol. The lowest BCUT2D eigenvalue weighted by molar-refractivity contribution is 0.144. The zero-order valence-electron chi connectivity index (χ0n) is 48.0. The Morgan fingerprint density at radius 3 is 0.972 bits per heavy atom. The van der Waals surface area contributed by atoms with Crippen LogP contribution in [0.5, 0.6) is 23.0 Å². The fraction of sp³-hybridized carbons (Fsp3) is 0.613. The number of alkyl halides is 2. The highest BCUT2D eigenvalue weighted by molar-refractivity contribution is 9.09. The van der Waals surface area contributed by atoms with E-state index >= 15 is 0 Å². The summed E-state index contributed by atoms with van der Waals surface area (Å²) in [6, 6.07) is 26.4. The van der Waals surface area contributed by atoms with Crippen molar-refractivity contribution in [3.8, 4) is 23.0 Å². The van der Waals surface area contributed by atoms with Gasteiger partial charge in [-0.2, -0.15) is 0 Å². The van der Waals surface area contributed by atoms with Gasteiger partial charge in [0.2, 0.25) is 0 Å². The highest BCUT2D eigenvalue weighted by Gasteiger charge is 2.16. The third kappa shape index (κ3) is 28.0. The van der Waals surface area contributed by atoms with Gasteiger partial charge in [0.1, 0.15) is 49.4 Å². The minimum absolute atomic E-state index is 0.0824. The normalized spacial score (nSPS) is 12.6. The molecule has 0 saturated heterocycles. The van der Waals surface area contributed by atoms with Gasteiger partial charge in [-0.1, -0.05) is 151 Å². The first-order chi connectivity index (χ1) is 34.4. The van der Waals surface area contributed by atoms with E-state index in [1.54, 1.807) is 0 Å². The number of ether oxygens (including phenoxy) is 4. The van der Waals surface area contributed by atoms with Gasteiger partial charge in [-0.15, -0.1) is 0 Å². The molecule has 4 rings (SSSR count). The van der Waals surface area contributed by atoms with Crippen molar-refractivity contribution >= 4 is 31.9 Å².